The van der Waals surface area contributed by atoms with E-state index in [2.05, 4.69) is 69.6 Å². The minimum atomic E-state index is 0.709. The van der Waals surface area contributed by atoms with E-state index in [0.717, 1.165) is 38.6 Å². The highest BCUT2D eigenvalue weighted by molar-refractivity contribution is 9.10. The smallest absolute Gasteiger partial charge is 0.203 e. The topological polar surface area (TPSA) is 46.5 Å². The second kappa shape index (κ2) is 8.96. The fourth-order valence-corrected chi connectivity index (χ4v) is 3.45. The first-order valence-corrected chi connectivity index (χ1v) is 10.1. The zero-order chi connectivity index (χ0) is 18.4. The average molecular weight is 430 g/mol. The van der Waals surface area contributed by atoms with E-state index in [0.29, 0.717) is 6.61 Å². The van der Waals surface area contributed by atoms with Crippen LogP contribution in [0.2, 0.25) is 0 Å². The number of nitrogens with zero attached hydrogens (tertiary/aromatic N) is 2. The number of hydrogen-bond donors (Lipinski definition) is 1. The van der Waals surface area contributed by atoms with E-state index in [4.69, 9.17) is 4.74 Å². The van der Waals surface area contributed by atoms with Crippen molar-refractivity contribution in [2.45, 2.75) is 20.3 Å². The molecule has 0 aliphatic carbocycles. The molecule has 0 radical (unpaired) electrons. The number of ether oxygens (including phenoxy) is 1. The Kier molecular flexibility index (Phi) is 6.41. The molecule has 0 fully saturated rings. The third-order valence-electron chi connectivity index (χ3n) is 3.64. The van der Waals surface area contributed by atoms with Crippen LogP contribution >= 0.6 is 27.3 Å². The second-order valence-corrected chi connectivity index (χ2v) is 7.52. The van der Waals surface area contributed by atoms with Gasteiger partial charge in [-0.3, -0.25) is 5.43 Å². The van der Waals surface area contributed by atoms with Crippen LogP contribution in [0.5, 0.6) is 5.75 Å². The van der Waals surface area contributed by atoms with E-state index in [9.17, 15) is 0 Å². The van der Waals surface area contributed by atoms with Gasteiger partial charge in [-0.1, -0.05) is 36.8 Å². The fraction of sp³-hybridized carbons (Fsp3) is 0.200. The molecule has 3 rings (SSSR count). The molecule has 0 aliphatic rings. The monoisotopic (exact) mass is 429 g/mol. The molecule has 134 valence electrons. The van der Waals surface area contributed by atoms with Gasteiger partial charge in [-0.05, 0) is 53.0 Å². The summed E-state index contributed by atoms with van der Waals surface area (Å²) >= 11 is 5.06. The maximum Gasteiger partial charge on any atom is 0.203 e. The van der Waals surface area contributed by atoms with Crippen LogP contribution < -0.4 is 10.2 Å². The van der Waals surface area contributed by atoms with Gasteiger partial charge in [-0.25, -0.2) is 4.98 Å². The van der Waals surface area contributed by atoms with Crippen molar-refractivity contribution in [1.29, 1.82) is 0 Å². The first-order valence-electron chi connectivity index (χ1n) is 8.39. The number of hydrazone groups is 1. The molecule has 4 nitrogen and oxygen atoms in total. The molecule has 0 atom stereocenters. The van der Waals surface area contributed by atoms with Crippen molar-refractivity contribution in [3.05, 3.63) is 63.4 Å². The molecule has 0 saturated carbocycles. The molecule has 0 aliphatic heterocycles. The van der Waals surface area contributed by atoms with Crippen LogP contribution in [-0.2, 0) is 0 Å². The number of rotatable bonds is 7. The number of benzene rings is 2. The van der Waals surface area contributed by atoms with Crippen LogP contribution in [0.3, 0.4) is 0 Å². The van der Waals surface area contributed by atoms with Gasteiger partial charge in [0.25, 0.3) is 0 Å². The first kappa shape index (κ1) is 18.6. The molecule has 0 amide bonds. The lowest BCUT2D eigenvalue weighted by molar-refractivity contribution is 0.315. The Bertz CT molecular complexity index is 890. The largest absolute Gasteiger partial charge is 0.492 e. The Hall–Kier alpha value is -2.18. The highest BCUT2D eigenvalue weighted by Crippen LogP contribution is 2.26. The number of halogens is 1. The van der Waals surface area contributed by atoms with E-state index >= 15 is 0 Å². The lowest BCUT2D eigenvalue weighted by Gasteiger charge is -2.07. The maximum atomic E-state index is 5.65. The van der Waals surface area contributed by atoms with Crippen molar-refractivity contribution in [3.8, 4) is 17.0 Å². The summed E-state index contributed by atoms with van der Waals surface area (Å²) in [6, 6.07) is 14.2. The van der Waals surface area contributed by atoms with Crippen molar-refractivity contribution < 1.29 is 4.74 Å². The highest BCUT2D eigenvalue weighted by atomic mass is 79.9. The van der Waals surface area contributed by atoms with Crippen molar-refractivity contribution in [3.63, 3.8) is 0 Å². The molecule has 1 N–H and O–H groups in total. The molecule has 0 saturated heterocycles. The molecule has 26 heavy (non-hydrogen) atoms. The van der Waals surface area contributed by atoms with Crippen LogP contribution in [0.15, 0.2) is 57.4 Å². The zero-order valence-corrected chi connectivity index (χ0v) is 17.1. The van der Waals surface area contributed by atoms with Gasteiger partial charge in [-0.15, -0.1) is 11.3 Å². The second-order valence-electron chi connectivity index (χ2n) is 5.81. The van der Waals surface area contributed by atoms with E-state index in [1.54, 1.807) is 6.21 Å². The van der Waals surface area contributed by atoms with Crippen molar-refractivity contribution >= 4 is 38.6 Å². The molecule has 1 heterocycles. The van der Waals surface area contributed by atoms with Gasteiger partial charge in [0, 0.05) is 10.9 Å². The first-order chi connectivity index (χ1) is 12.7. The SMILES string of the molecule is CCCOc1ccc(/C=N\Nc2nc(-c3ccc(C)cc3)cs2)cc1Br. The van der Waals surface area contributed by atoms with E-state index in [1.165, 1.54) is 16.9 Å². The average Bonchev–Trinajstić information content (AvgIpc) is 3.10. The Morgan fingerprint density at radius 2 is 2.04 bits per heavy atom. The molecule has 3 aromatic rings. The lowest BCUT2D eigenvalue weighted by Crippen LogP contribution is -1.96. The van der Waals surface area contributed by atoms with Crippen molar-refractivity contribution in [2.75, 3.05) is 12.0 Å². The van der Waals surface area contributed by atoms with E-state index < -0.39 is 0 Å². The summed E-state index contributed by atoms with van der Waals surface area (Å²) in [5, 5.41) is 7.07. The quantitative estimate of drug-likeness (QED) is 0.363. The predicted octanol–water partition coefficient (Wildman–Crippen LogP) is 6.12. The standard InChI is InChI=1S/C20H20BrN3OS/c1-3-10-25-19-9-6-15(11-17(19)21)12-22-24-20-23-18(13-26-20)16-7-4-14(2)5-8-16/h4-9,11-13H,3,10H2,1-2H3,(H,23,24)/b22-12-. The minimum absolute atomic E-state index is 0.709. The molecule has 0 bridgehead atoms. The van der Waals surface area contributed by atoms with Crippen molar-refractivity contribution in [2.24, 2.45) is 5.10 Å². The summed E-state index contributed by atoms with van der Waals surface area (Å²) in [5.41, 5.74) is 7.27. The van der Waals surface area contributed by atoms with Crippen LogP contribution in [0.1, 0.15) is 24.5 Å². The molecular formula is C20H20BrN3OS. The molecular weight excluding hydrogens is 410 g/mol. The molecule has 0 spiro atoms. The third-order valence-corrected chi connectivity index (χ3v) is 5.01. The number of anilines is 1. The summed E-state index contributed by atoms with van der Waals surface area (Å²) in [6.07, 6.45) is 2.75. The zero-order valence-electron chi connectivity index (χ0n) is 14.7. The van der Waals surface area contributed by atoms with Crippen LogP contribution in [0.4, 0.5) is 5.13 Å². The maximum absolute atomic E-state index is 5.65. The van der Waals surface area contributed by atoms with Gasteiger partial charge >= 0.3 is 0 Å². The van der Waals surface area contributed by atoms with Gasteiger partial charge in [-0.2, -0.15) is 5.10 Å². The normalized spacial score (nSPS) is 11.0. The van der Waals surface area contributed by atoms with Gasteiger partial charge in [0.15, 0.2) is 0 Å². The summed E-state index contributed by atoms with van der Waals surface area (Å²) in [7, 11) is 0. The number of aromatic nitrogens is 1. The van der Waals surface area contributed by atoms with E-state index in [-0.39, 0.29) is 0 Å². The molecule has 2 aromatic carbocycles. The number of hydrogen-bond acceptors (Lipinski definition) is 5. The van der Waals surface area contributed by atoms with E-state index in [1.807, 2.05) is 23.6 Å². The molecule has 0 unspecified atom stereocenters. The third kappa shape index (κ3) is 4.93. The number of aryl methyl sites for hydroxylation is 1. The number of thiazole rings is 1. The summed E-state index contributed by atoms with van der Waals surface area (Å²) in [6.45, 7) is 4.87. The Balaban J connectivity index is 1.62. The fourth-order valence-electron chi connectivity index (χ4n) is 2.27. The number of nitrogens with one attached hydrogen (secondary N) is 1. The highest BCUT2D eigenvalue weighted by Gasteiger charge is 2.04. The minimum Gasteiger partial charge on any atom is -0.492 e. The van der Waals surface area contributed by atoms with Crippen LogP contribution in [0, 0.1) is 6.92 Å². The van der Waals surface area contributed by atoms with Gasteiger partial charge in [0.2, 0.25) is 5.13 Å². The molecule has 6 heteroatoms. The van der Waals surface area contributed by atoms with Gasteiger partial charge < -0.3 is 4.74 Å². The molecule has 1 aromatic heterocycles. The summed E-state index contributed by atoms with van der Waals surface area (Å²) in [5.74, 6) is 0.847. The Labute approximate surface area is 166 Å². The van der Waals surface area contributed by atoms with Crippen molar-refractivity contribution in [1.82, 2.24) is 4.98 Å². The lowest BCUT2D eigenvalue weighted by atomic mass is 10.1. The summed E-state index contributed by atoms with van der Waals surface area (Å²) in [4.78, 5) is 4.57. The van der Waals surface area contributed by atoms with Crippen LogP contribution in [-0.4, -0.2) is 17.8 Å². The van der Waals surface area contributed by atoms with Gasteiger partial charge in [0.05, 0.1) is 23.0 Å². The Morgan fingerprint density at radius 1 is 1.23 bits per heavy atom. The van der Waals surface area contributed by atoms with Crippen LogP contribution in [0.25, 0.3) is 11.3 Å². The Morgan fingerprint density at radius 3 is 2.77 bits per heavy atom. The summed E-state index contributed by atoms with van der Waals surface area (Å²) < 4.78 is 6.57. The predicted molar refractivity (Wildman–Crippen MR) is 113 cm³/mol. The van der Waals surface area contributed by atoms with Gasteiger partial charge in [0.1, 0.15) is 5.75 Å².